The van der Waals surface area contributed by atoms with Gasteiger partial charge >= 0.3 is 12.0 Å². The predicted octanol–water partition coefficient (Wildman–Crippen LogP) is 2.19. The lowest BCUT2D eigenvalue weighted by Gasteiger charge is -2.38. The first-order valence-corrected chi connectivity index (χ1v) is 7.61. The smallest absolute Gasteiger partial charge is 0.324 e. The molecular weight excluding hydrogens is 284 g/mol. The number of amides is 2. The van der Waals surface area contributed by atoms with Gasteiger partial charge in [-0.1, -0.05) is 12.1 Å². The van der Waals surface area contributed by atoms with Crippen LogP contribution in [0.1, 0.15) is 19.8 Å². The summed E-state index contributed by atoms with van der Waals surface area (Å²) in [5.41, 5.74) is 0.783. The van der Waals surface area contributed by atoms with Crippen molar-refractivity contribution in [3.05, 3.63) is 24.3 Å². The number of rotatable bonds is 1. The number of benzene rings is 1. The highest BCUT2D eigenvalue weighted by atomic mass is 16.5. The summed E-state index contributed by atoms with van der Waals surface area (Å²) < 4.78 is 5.76. The molecule has 118 valence electrons. The van der Waals surface area contributed by atoms with Crippen molar-refractivity contribution in [1.29, 1.82) is 0 Å². The number of hydrogen-bond donors (Lipinski definition) is 1. The number of para-hydroxylation sites is 2. The molecule has 1 unspecified atom stereocenters. The summed E-state index contributed by atoms with van der Waals surface area (Å²) in [6.45, 7) is 3.43. The van der Waals surface area contributed by atoms with E-state index in [-0.39, 0.29) is 18.1 Å². The Morgan fingerprint density at radius 3 is 2.59 bits per heavy atom. The number of ether oxygens (including phenoxy) is 1. The van der Waals surface area contributed by atoms with E-state index in [0.29, 0.717) is 32.5 Å². The van der Waals surface area contributed by atoms with Crippen molar-refractivity contribution in [2.45, 2.75) is 25.9 Å². The third kappa shape index (κ3) is 2.73. The van der Waals surface area contributed by atoms with E-state index in [4.69, 9.17) is 9.84 Å². The maximum atomic E-state index is 12.8. The first-order valence-electron chi connectivity index (χ1n) is 7.61. The summed E-state index contributed by atoms with van der Waals surface area (Å²) in [5, 5.41) is 9.05. The molecule has 1 aromatic carbocycles. The zero-order chi connectivity index (χ0) is 15.7. The summed E-state index contributed by atoms with van der Waals surface area (Å²) in [4.78, 5) is 27.3. The lowest BCUT2D eigenvalue weighted by Crippen LogP contribution is -2.51. The van der Waals surface area contributed by atoms with E-state index in [2.05, 4.69) is 0 Å². The second-order valence-electron chi connectivity index (χ2n) is 5.89. The summed E-state index contributed by atoms with van der Waals surface area (Å²) in [5.74, 6) is -0.382. The van der Waals surface area contributed by atoms with Crippen LogP contribution in [0, 0.1) is 5.92 Å². The molecule has 2 aliphatic rings. The second-order valence-corrected chi connectivity index (χ2v) is 5.89. The van der Waals surface area contributed by atoms with Crippen molar-refractivity contribution in [2.24, 2.45) is 5.92 Å². The van der Waals surface area contributed by atoms with Gasteiger partial charge in [0.1, 0.15) is 11.9 Å². The number of nitrogens with zero attached hydrogens (tertiary/aromatic N) is 2. The number of carboxylic acid groups (broad SMARTS) is 1. The fourth-order valence-electron chi connectivity index (χ4n) is 3.06. The number of likely N-dealkylation sites (tertiary alicyclic amines) is 1. The van der Waals surface area contributed by atoms with E-state index in [0.717, 1.165) is 11.4 Å². The van der Waals surface area contributed by atoms with Crippen LogP contribution in [-0.2, 0) is 4.79 Å². The van der Waals surface area contributed by atoms with Crippen LogP contribution in [-0.4, -0.2) is 47.7 Å². The highest BCUT2D eigenvalue weighted by molar-refractivity contribution is 5.94. The van der Waals surface area contributed by atoms with Gasteiger partial charge in [-0.25, -0.2) is 4.79 Å². The van der Waals surface area contributed by atoms with Gasteiger partial charge in [-0.2, -0.15) is 0 Å². The molecule has 2 aliphatic heterocycles. The average Bonchev–Trinajstić information content (AvgIpc) is 2.53. The quantitative estimate of drug-likeness (QED) is 0.863. The Balaban J connectivity index is 1.74. The minimum Gasteiger partial charge on any atom is -0.487 e. The van der Waals surface area contributed by atoms with Crippen molar-refractivity contribution in [3.8, 4) is 5.75 Å². The zero-order valence-corrected chi connectivity index (χ0v) is 12.6. The minimum absolute atomic E-state index is 0.0598. The number of urea groups is 1. The van der Waals surface area contributed by atoms with Crippen LogP contribution in [0.3, 0.4) is 0 Å². The Morgan fingerprint density at radius 2 is 1.91 bits per heavy atom. The Kier molecular flexibility index (Phi) is 3.92. The van der Waals surface area contributed by atoms with E-state index < -0.39 is 5.97 Å². The molecule has 0 aliphatic carbocycles. The largest absolute Gasteiger partial charge is 0.487 e. The van der Waals surface area contributed by atoms with Crippen LogP contribution in [0.5, 0.6) is 5.75 Å². The van der Waals surface area contributed by atoms with Gasteiger partial charge in [0.15, 0.2) is 0 Å². The summed E-state index contributed by atoms with van der Waals surface area (Å²) in [6, 6.07) is 7.45. The lowest BCUT2D eigenvalue weighted by atomic mass is 9.97. The predicted molar refractivity (Wildman–Crippen MR) is 81.2 cm³/mol. The van der Waals surface area contributed by atoms with Gasteiger partial charge < -0.3 is 14.7 Å². The maximum absolute atomic E-state index is 12.8. The standard InChI is InChI=1S/C16H20N2O4/c1-11-10-18(13-4-2-3-5-14(13)22-11)16(21)17-8-6-12(7-9-17)15(19)20/h2-5,11-12H,6-10H2,1H3,(H,19,20). The first kappa shape index (κ1) is 14.7. The molecule has 0 aromatic heterocycles. The van der Waals surface area contributed by atoms with Crippen molar-refractivity contribution >= 4 is 17.7 Å². The molecular formula is C16H20N2O4. The first-order chi connectivity index (χ1) is 10.6. The van der Waals surface area contributed by atoms with Crippen molar-refractivity contribution < 1.29 is 19.4 Å². The molecule has 1 fully saturated rings. The molecule has 2 heterocycles. The number of aliphatic carboxylic acids is 1. The van der Waals surface area contributed by atoms with E-state index in [9.17, 15) is 9.59 Å². The van der Waals surface area contributed by atoms with Gasteiger partial charge in [0.05, 0.1) is 18.2 Å². The molecule has 0 saturated carbocycles. The van der Waals surface area contributed by atoms with Gasteiger partial charge in [0, 0.05) is 13.1 Å². The van der Waals surface area contributed by atoms with E-state index in [1.165, 1.54) is 0 Å². The van der Waals surface area contributed by atoms with E-state index in [1.807, 2.05) is 31.2 Å². The van der Waals surface area contributed by atoms with Crippen molar-refractivity contribution in [3.63, 3.8) is 0 Å². The van der Waals surface area contributed by atoms with E-state index in [1.54, 1.807) is 9.80 Å². The van der Waals surface area contributed by atoms with Crippen molar-refractivity contribution in [1.82, 2.24) is 4.90 Å². The fraction of sp³-hybridized carbons (Fsp3) is 0.500. The monoisotopic (exact) mass is 304 g/mol. The third-order valence-corrected chi connectivity index (χ3v) is 4.27. The summed E-state index contributed by atoms with van der Waals surface area (Å²) >= 11 is 0. The number of piperidine rings is 1. The Morgan fingerprint density at radius 1 is 1.23 bits per heavy atom. The Labute approximate surface area is 129 Å². The highest BCUT2D eigenvalue weighted by Crippen LogP contribution is 2.34. The Hall–Kier alpha value is -2.24. The summed E-state index contributed by atoms with van der Waals surface area (Å²) in [6.07, 6.45) is 0.973. The molecule has 0 spiro atoms. The van der Waals surface area contributed by atoms with E-state index >= 15 is 0 Å². The molecule has 6 nitrogen and oxygen atoms in total. The second kappa shape index (κ2) is 5.87. The van der Waals surface area contributed by atoms with Crippen molar-refractivity contribution in [2.75, 3.05) is 24.5 Å². The number of fused-ring (bicyclic) bond motifs is 1. The molecule has 1 atom stereocenters. The van der Waals surface area contributed by atoms with Crippen LogP contribution < -0.4 is 9.64 Å². The van der Waals surface area contributed by atoms with Crippen LogP contribution in [0.2, 0.25) is 0 Å². The fourth-order valence-corrected chi connectivity index (χ4v) is 3.06. The number of carbonyl (C=O) groups excluding carboxylic acids is 1. The maximum Gasteiger partial charge on any atom is 0.324 e. The van der Waals surface area contributed by atoms with Gasteiger partial charge in [0.25, 0.3) is 0 Å². The van der Waals surface area contributed by atoms with Crippen LogP contribution >= 0.6 is 0 Å². The molecule has 6 heteroatoms. The van der Waals surface area contributed by atoms with Gasteiger partial charge in [-0.05, 0) is 31.9 Å². The summed E-state index contributed by atoms with van der Waals surface area (Å²) in [7, 11) is 0. The SMILES string of the molecule is CC1CN(C(=O)N2CCC(C(=O)O)CC2)c2ccccc2O1. The van der Waals surface area contributed by atoms with Gasteiger partial charge in [-0.3, -0.25) is 9.69 Å². The number of carbonyl (C=O) groups is 2. The minimum atomic E-state index is -0.766. The lowest BCUT2D eigenvalue weighted by molar-refractivity contribution is -0.143. The van der Waals surface area contributed by atoms with Crippen LogP contribution in [0.4, 0.5) is 10.5 Å². The number of carboxylic acids is 1. The number of anilines is 1. The third-order valence-electron chi connectivity index (χ3n) is 4.27. The zero-order valence-electron chi connectivity index (χ0n) is 12.6. The van der Waals surface area contributed by atoms with Gasteiger partial charge in [0.2, 0.25) is 0 Å². The molecule has 22 heavy (non-hydrogen) atoms. The topological polar surface area (TPSA) is 70.1 Å². The highest BCUT2D eigenvalue weighted by Gasteiger charge is 2.33. The molecule has 1 aromatic rings. The molecule has 2 amide bonds. The average molecular weight is 304 g/mol. The molecule has 3 rings (SSSR count). The molecule has 1 saturated heterocycles. The molecule has 0 bridgehead atoms. The molecule has 0 radical (unpaired) electrons. The molecule has 1 N–H and O–H groups in total. The van der Waals surface area contributed by atoms with Gasteiger partial charge in [-0.15, -0.1) is 0 Å². The number of hydrogen-bond acceptors (Lipinski definition) is 3. The van der Waals surface area contributed by atoms with Crippen LogP contribution in [0.15, 0.2) is 24.3 Å². The van der Waals surface area contributed by atoms with Crippen LogP contribution in [0.25, 0.3) is 0 Å². The Bertz CT molecular complexity index is 581. The normalized spacial score (nSPS) is 22.0.